The summed E-state index contributed by atoms with van der Waals surface area (Å²) in [7, 11) is 0. The van der Waals surface area contributed by atoms with E-state index in [1.165, 1.54) is 6.07 Å². The smallest absolute Gasteiger partial charge is 0.258 e. The van der Waals surface area contributed by atoms with Crippen LogP contribution in [0.1, 0.15) is 25.6 Å². The van der Waals surface area contributed by atoms with Gasteiger partial charge in [-0.3, -0.25) is 14.9 Å². The first kappa shape index (κ1) is 20.3. The highest BCUT2D eigenvalue weighted by Gasteiger charge is 2.22. The molecule has 0 fully saturated rings. The number of anilines is 1. The molecule has 0 aliphatic carbocycles. The first-order valence-corrected chi connectivity index (χ1v) is 10.5. The molecular formula is C23H14Cl2N2O2S. The number of carbonyl (C=O) groups excluding carboxylic acids is 2. The van der Waals surface area contributed by atoms with E-state index in [0.717, 1.165) is 16.9 Å². The number of nitrogens with zero attached hydrogens (tertiary/aromatic N) is 1. The summed E-state index contributed by atoms with van der Waals surface area (Å²) in [5.41, 5.74) is 2.13. The summed E-state index contributed by atoms with van der Waals surface area (Å²) in [5, 5.41) is 3.73. The van der Waals surface area contributed by atoms with Gasteiger partial charge in [-0.15, -0.1) is 0 Å². The first-order chi connectivity index (χ1) is 14.5. The van der Waals surface area contributed by atoms with Gasteiger partial charge in [-0.05, 0) is 18.2 Å². The van der Waals surface area contributed by atoms with Gasteiger partial charge in [0.05, 0.1) is 16.3 Å². The Bertz CT molecular complexity index is 1220. The normalized spacial score (nSPS) is 10.6. The number of nitrogens with one attached hydrogen (secondary N) is 1. The lowest BCUT2D eigenvalue weighted by Gasteiger charge is -2.04. The fourth-order valence-electron chi connectivity index (χ4n) is 2.88. The fraction of sp³-hybridized carbons (Fsp3) is 0. The number of amides is 1. The molecule has 3 aromatic carbocycles. The van der Waals surface area contributed by atoms with E-state index in [4.69, 9.17) is 23.2 Å². The SMILES string of the molecule is O=C(Nc1nc(-c2ccccc2)c(C(=O)c2ccccc2)s1)c1ccc(Cl)cc1Cl. The van der Waals surface area contributed by atoms with Crippen molar-refractivity contribution in [2.24, 2.45) is 0 Å². The molecule has 0 spiro atoms. The second-order valence-electron chi connectivity index (χ2n) is 6.34. The molecule has 148 valence electrons. The molecule has 7 heteroatoms. The predicted molar refractivity (Wildman–Crippen MR) is 122 cm³/mol. The van der Waals surface area contributed by atoms with Crippen LogP contribution in [0.2, 0.25) is 10.0 Å². The van der Waals surface area contributed by atoms with Crippen molar-refractivity contribution in [3.63, 3.8) is 0 Å². The summed E-state index contributed by atoms with van der Waals surface area (Å²) < 4.78 is 0. The largest absolute Gasteiger partial charge is 0.298 e. The second kappa shape index (κ2) is 8.79. The number of aromatic nitrogens is 1. The van der Waals surface area contributed by atoms with Crippen LogP contribution in [0.15, 0.2) is 78.9 Å². The molecule has 4 aromatic rings. The van der Waals surface area contributed by atoms with E-state index in [2.05, 4.69) is 10.3 Å². The first-order valence-electron chi connectivity index (χ1n) is 8.95. The van der Waals surface area contributed by atoms with Crippen LogP contribution in [0.25, 0.3) is 11.3 Å². The van der Waals surface area contributed by atoms with Crippen LogP contribution in [-0.4, -0.2) is 16.7 Å². The van der Waals surface area contributed by atoms with E-state index in [0.29, 0.717) is 26.3 Å². The highest BCUT2D eigenvalue weighted by Crippen LogP contribution is 2.33. The van der Waals surface area contributed by atoms with Crippen LogP contribution < -0.4 is 5.32 Å². The molecule has 0 saturated heterocycles. The van der Waals surface area contributed by atoms with Crippen molar-refractivity contribution in [3.8, 4) is 11.3 Å². The summed E-state index contributed by atoms with van der Waals surface area (Å²) in [5.74, 6) is -0.583. The van der Waals surface area contributed by atoms with Gasteiger partial charge in [0.25, 0.3) is 5.91 Å². The van der Waals surface area contributed by atoms with E-state index < -0.39 is 5.91 Å². The van der Waals surface area contributed by atoms with Crippen LogP contribution in [-0.2, 0) is 0 Å². The standard InChI is InChI=1S/C23H14Cl2N2O2S/c24-16-11-12-17(18(25)13-16)22(29)27-23-26-19(14-7-3-1-4-8-14)21(30-23)20(28)15-9-5-2-6-10-15/h1-13H,(H,26,27,29). The molecule has 0 saturated carbocycles. The van der Waals surface area contributed by atoms with Crippen molar-refractivity contribution in [1.29, 1.82) is 0 Å². The third-order valence-electron chi connectivity index (χ3n) is 4.31. The van der Waals surface area contributed by atoms with Crippen molar-refractivity contribution >= 4 is 51.4 Å². The molecule has 1 aromatic heterocycles. The second-order valence-corrected chi connectivity index (χ2v) is 8.18. The van der Waals surface area contributed by atoms with Gasteiger partial charge in [0, 0.05) is 16.1 Å². The lowest BCUT2D eigenvalue weighted by Crippen LogP contribution is -2.12. The molecule has 0 aliphatic heterocycles. The van der Waals surface area contributed by atoms with Gasteiger partial charge in [0.2, 0.25) is 5.78 Å². The molecule has 0 aliphatic rings. The molecule has 0 bridgehead atoms. The number of carbonyl (C=O) groups is 2. The maximum absolute atomic E-state index is 13.1. The molecule has 4 rings (SSSR count). The summed E-state index contributed by atoms with van der Waals surface area (Å²) in [6.07, 6.45) is 0. The topological polar surface area (TPSA) is 59.1 Å². The van der Waals surface area contributed by atoms with Gasteiger partial charge in [0.1, 0.15) is 4.88 Å². The van der Waals surface area contributed by atoms with Crippen LogP contribution >= 0.6 is 34.5 Å². The van der Waals surface area contributed by atoms with Crippen molar-refractivity contribution < 1.29 is 9.59 Å². The number of hydrogen-bond donors (Lipinski definition) is 1. The Hall–Kier alpha value is -2.99. The van der Waals surface area contributed by atoms with Gasteiger partial charge in [-0.2, -0.15) is 0 Å². The number of ketones is 1. The Balaban J connectivity index is 1.72. The quantitative estimate of drug-likeness (QED) is 0.347. The predicted octanol–water partition coefficient (Wildman–Crippen LogP) is 6.60. The van der Waals surface area contributed by atoms with Crippen molar-refractivity contribution in [3.05, 3.63) is 105 Å². The van der Waals surface area contributed by atoms with Gasteiger partial charge in [-0.25, -0.2) is 4.98 Å². The fourth-order valence-corrected chi connectivity index (χ4v) is 4.32. The molecule has 0 radical (unpaired) electrons. The van der Waals surface area contributed by atoms with Crippen molar-refractivity contribution in [2.45, 2.75) is 0 Å². The van der Waals surface area contributed by atoms with Gasteiger partial charge in [0.15, 0.2) is 5.13 Å². The van der Waals surface area contributed by atoms with E-state index in [1.54, 1.807) is 24.3 Å². The minimum Gasteiger partial charge on any atom is -0.298 e. The Morgan fingerprint density at radius 2 is 1.53 bits per heavy atom. The van der Waals surface area contributed by atoms with Gasteiger partial charge in [-0.1, -0.05) is 95.2 Å². The number of benzene rings is 3. The Morgan fingerprint density at radius 3 is 2.20 bits per heavy atom. The number of halogens is 2. The zero-order chi connectivity index (χ0) is 21.1. The monoisotopic (exact) mass is 452 g/mol. The van der Waals surface area contributed by atoms with E-state index in [1.807, 2.05) is 48.5 Å². The minimum absolute atomic E-state index is 0.156. The molecule has 0 unspecified atom stereocenters. The molecule has 1 N–H and O–H groups in total. The average molecular weight is 453 g/mol. The van der Waals surface area contributed by atoms with Crippen molar-refractivity contribution in [2.75, 3.05) is 5.32 Å². The maximum Gasteiger partial charge on any atom is 0.258 e. The highest BCUT2D eigenvalue weighted by molar-refractivity contribution is 7.18. The average Bonchev–Trinajstić information content (AvgIpc) is 3.18. The zero-order valence-corrected chi connectivity index (χ0v) is 17.8. The molecule has 1 heterocycles. The number of hydrogen-bond acceptors (Lipinski definition) is 4. The molecule has 0 atom stereocenters. The van der Waals surface area contributed by atoms with Crippen LogP contribution in [0.3, 0.4) is 0 Å². The Morgan fingerprint density at radius 1 is 0.867 bits per heavy atom. The molecule has 30 heavy (non-hydrogen) atoms. The minimum atomic E-state index is -0.427. The Labute approximate surface area is 187 Å². The van der Waals surface area contributed by atoms with E-state index in [-0.39, 0.29) is 16.4 Å². The van der Waals surface area contributed by atoms with Crippen LogP contribution in [0, 0.1) is 0 Å². The lowest BCUT2D eigenvalue weighted by molar-refractivity contribution is 0.102. The summed E-state index contributed by atoms with van der Waals surface area (Å²) in [4.78, 5) is 30.8. The van der Waals surface area contributed by atoms with E-state index >= 15 is 0 Å². The molecular weight excluding hydrogens is 439 g/mol. The summed E-state index contributed by atoms with van der Waals surface area (Å²) >= 11 is 13.2. The van der Waals surface area contributed by atoms with Crippen LogP contribution in [0.5, 0.6) is 0 Å². The number of rotatable bonds is 5. The van der Waals surface area contributed by atoms with E-state index in [9.17, 15) is 9.59 Å². The summed E-state index contributed by atoms with van der Waals surface area (Å²) in [6, 6.07) is 23.0. The highest BCUT2D eigenvalue weighted by atomic mass is 35.5. The van der Waals surface area contributed by atoms with Gasteiger partial charge >= 0.3 is 0 Å². The number of thiazole rings is 1. The third kappa shape index (κ3) is 4.28. The Kier molecular flexibility index (Phi) is 5.95. The van der Waals surface area contributed by atoms with Crippen LogP contribution in [0.4, 0.5) is 5.13 Å². The lowest BCUT2D eigenvalue weighted by atomic mass is 10.1. The zero-order valence-electron chi connectivity index (χ0n) is 15.4. The third-order valence-corrected chi connectivity index (χ3v) is 5.83. The molecule has 4 nitrogen and oxygen atoms in total. The molecule has 1 amide bonds. The van der Waals surface area contributed by atoms with Crippen molar-refractivity contribution in [1.82, 2.24) is 4.98 Å². The summed E-state index contributed by atoms with van der Waals surface area (Å²) in [6.45, 7) is 0. The maximum atomic E-state index is 13.1. The van der Waals surface area contributed by atoms with Gasteiger partial charge < -0.3 is 0 Å².